The molecule has 0 saturated carbocycles. The quantitative estimate of drug-likeness (QED) is 0.796. The van der Waals surface area contributed by atoms with E-state index in [4.69, 9.17) is 0 Å². The van der Waals surface area contributed by atoms with E-state index in [1.54, 1.807) is 6.20 Å². The highest BCUT2D eigenvalue weighted by atomic mass is 15.4. The highest BCUT2D eigenvalue weighted by Gasteiger charge is 2.24. The minimum absolute atomic E-state index is 0.472. The third-order valence-corrected chi connectivity index (χ3v) is 4.75. The van der Waals surface area contributed by atoms with Crippen molar-refractivity contribution in [2.45, 2.75) is 52.2 Å². The minimum atomic E-state index is 0.472. The molecule has 1 saturated heterocycles. The van der Waals surface area contributed by atoms with E-state index in [1.807, 2.05) is 30.7 Å². The lowest BCUT2D eigenvalue weighted by molar-refractivity contribution is 0.118. The lowest BCUT2D eigenvalue weighted by Crippen LogP contribution is -2.42. The van der Waals surface area contributed by atoms with Crippen molar-refractivity contribution in [3.63, 3.8) is 0 Å². The van der Waals surface area contributed by atoms with Crippen LogP contribution in [0.3, 0.4) is 0 Å². The average molecular weight is 325 g/mol. The van der Waals surface area contributed by atoms with Crippen molar-refractivity contribution in [3.05, 3.63) is 35.8 Å². The van der Waals surface area contributed by atoms with Gasteiger partial charge in [-0.15, -0.1) is 0 Å². The van der Waals surface area contributed by atoms with Crippen LogP contribution in [0.2, 0.25) is 0 Å². The van der Waals surface area contributed by atoms with Gasteiger partial charge in [-0.3, -0.25) is 4.90 Å². The molecule has 1 aliphatic rings. The number of nitrogens with zero attached hydrogens (tertiary/aromatic N) is 6. The van der Waals surface area contributed by atoms with Crippen LogP contribution in [-0.4, -0.2) is 47.2 Å². The summed E-state index contributed by atoms with van der Waals surface area (Å²) in [5, 5.41) is 4.53. The predicted molar refractivity (Wildman–Crippen MR) is 91.4 cm³/mol. The first-order chi connectivity index (χ1) is 11.7. The summed E-state index contributed by atoms with van der Waals surface area (Å²) in [7, 11) is 0. The molecule has 4 rings (SSSR count). The molecule has 0 bridgehead atoms. The second-order valence-electron chi connectivity index (χ2n) is 6.57. The molecule has 0 aromatic carbocycles. The van der Waals surface area contributed by atoms with Crippen LogP contribution in [0.15, 0.2) is 18.3 Å². The largest absolute Gasteiger partial charge is 0.340 e. The molecule has 1 atom stereocenters. The fourth-order valence-corrected chi connectivity index (χ4v) is 3.57. The van der Waals surface area contributed by atoms with Gasteiger partial charge in [-0.05, 0) is 45.4 Å². The average Bonchev–Trinajstić information content (AvgIpc) is 3.11. The molecular weight excluding hydrogens is 302 g/mol. The number of rotatable bonds is 4. The molecular formula is C17H23N7. The Hall–Kier alpha value is -2.28. The standard InChI is InChI=1S/C17H23N7/c1-12-19-13(2)24(22-12)10-14-6-3-4-9-23(14)11-16-20-15-7-5-8-18-17(15)21-16/h5,7-8,14H,3-4,6,9-11H2,1-2H3,(H,18,20,21). The maximum Gasteiger partial charge on any atom is 0.177 e. The van der Waals surface area contributed by atoms with E-state index in [9.17, 15) is 0 Å². The van der Waals surface area contributed by atoms with Gasteiger partial charge < -0.3 is 4.98 Å². The van der Waals surface area contributed by atoms with Crippen molar-refractivity contribution in [1.29, 1.82) is 0 Å². The number of pyridine rings is 1. The summed E-state index contributed by atoms with van der Waals surface area (Å²) in [6, 6.07) is 4.43. The van der Waals surface area contributed by atoms with Gasteiger partial charge in [0.25, 0.3) is 0 Å². The fourth-order valence-electron chi connectivity index (χ4n) is 3.57. The summed E-state index contributed by atoms with van der Waals surface area (Å²) < 4.78 is 2.04. The van der Waals surface area contributed by atoms with Crippen LogP contribution >= 0.6 is 0 Å². The molecule has 3 aromatic rings. The van der Waals surface area contributed by atoms with Gasteiger partial charge in [0, 0.05) is 12.2 Å². The van der Waals surface area contributed by atoms with Crippen LogP contribution in [0.25, 0.3) is 11.2 Å². The van der Waals surface area contributed by atoms with Gasteiger partial charge in [-0.2, -0.15) is 5.10 Å². The Morgan fingerprint density at radius 1 is 1.25 bits per heavy atom. The molecule has 7 heteroatoms. The molecule has 1 N–H and O–H groups in total. The van der Waals surface area contributed by atoms with E-state index in [-0.39, 0.29) is 0 Å². The molecule has 1 aliphatic heterocycles. The van der Waals surface area contributed by atoms with Gasteiger partial charge in [0.05, 0.1) is 18.6 Å². The monoisotopic (exact) mass is 325 g/mol. The van der Waals surface area contributed by atoms with Crippen molar-refractivity contribution in [3.8, 4) is 0 Å². The Kier molecular flexibility index (Phi) is 4.02. The van der Waals surface area contributed by atoms with Gasteiger partial charge in [-0.25, -0.2) is 19.6 Å². The summed E-state index contributed by atoms with van der Waals surface area (Å²) in [4.78, 5) is 19.3. The van der Waals surface area contributed by atoms with Crippen LogP contribution in [-0.2, 0) is 13.1 Å². The van der Waals surface area contributed by atoms with E-state index in [0.29, 0.717) is 6.04 Å². The second kappa shape index (κ2) is 6.32. The highest BCUT2D eigenvalue weighted by molar-refractivity contribution is 5.69. The third-order valence-electron chi connectivity index (χ3n) is 4.75. The fraction of sp³-hybridized carbons (Fsp3) is 0.529. The summed E-state index contributed by atoms with van der Waals surface area (Å²) in [5.41, 5.74) is 1.80. The zero-order chi connectivity index (χ0) is 16.5. The number of piperidine rings is 1. The molecule has 0 radical (unpaired) electrons. The number of imidazole rings is 1. The molecule has 1 unspecified atom stereocenters. The summed E-state index contributed by atoms with van der Waals surface area (Å²) in [5.74, 6) is 2.83. The number of likely N-dealkylation sites (tertiary alicyclic amines) is 1. The van der Waals surface area contributed by atoms with Gasteiger partial charge in [-0.1, -0.05) is 6.42 Å². The third kappa shape index (κ3) is 3.03. The van der Waals surface area contributed by atoms with Crippen LogP contribution < -0.4 is 0 Å². The van der Waals surface area contributed by atoms with Crippen molar-refractivity contribution >= 4 is 11.2 Å². The Morgan fingerprint density at radius 2 is 2.17 bits per heavy atom. The van der Waals surface area contributed by atoms with Crippen LogP contribution in [0.4, 0.5) is 0 Å². The van der Waals surface area contributed by atoms with Crippen molar-refractivity contribution in [2.75, 3.05) is 6.54 Å². The maximum atomic E-state index is 4.63. The summed E-state index contributed by atoms with van der Waals surface area (Å²) in [6.45, 7) is 6.79. The Balaban J connectivity index is 1.52. The number of nitrogens with one attached hydrogen (secondary N) is 1. The number of fused-ring (bicyclic) bond motifs is 1. The molecule has 3 aromatic heterocycles. The van der Waals surface area contributed by atoms with Crippen molar-refractivity contribution < 1.29 is 0 Å². The molecule has 0 amide bonds. The predicted octanol–water partition coefficient (Wildman–Crippen LogP) is 2.22. The molecule has 24 heavy (non-hydrogen) atoms. The topological polar surface area (TPSA) is 75.5 Å². The summed E-state index contributed by atoms with van der Waals surface area (Å²) in [6.07, 6.45) is 5.49. The lowest BCUT2D eigenvalue weighted by Gasteiger charge is -2.35. The van der Waals surface area contributed by atoms with E-state index in [1.165, 1.54) is 19.3 Å². The van der Waals surface area contributed by atoms with Crippen molar-refractivity contribution in [1.82, 2.24) is 34.6 Å². The normalized spacial score (nSPS) is 19.2. The number of hydrogen-bond donors (Lipinski definition) is 1. The highest BCUT2D eigenvalue weighted by Crippen LogP contribution is 2.21. The number of aryl methyl sites for hydroxylation is 2. The zero-order valence-corrected chi connectivity index (χ0v) is 14.2. The van der Waals surface area contributed by atoms with Gasteiger partial charge in [0.2, 0.25) is 0 Å². The first-order valence-corrected chi connectivity index (χ1v) is 8.61. The van der Waals surface area contributed by atoms with Crippen LogP contribution in [0.1, 0.15) is 36.7 Å². The van der Waals surface area contributed by atoms with E-state index >= 15 is 0 Å². The molecule has 126 valence electrons. The number of hydrogen-bond acceptors (Lipinski definition) is 5. The number of aromatic nitrogens is 6. The van der Waals surface area contributed by atoms with Gasteiger partial charge in [0.15, 0.2) is 5.65 Å². The van der Waals surface area contributed by atoms with Crippen LogP contribution in [0, 0.1) is 13.8 Å². The number of aromatic amines is 1. The Morgan fingerprint density at radius 3 is 2.96 bits per heavy atom. The second-order valence-corrected chi connectivity index (χ2v) is 6.57. The smallest absolute Gasteiger partial charge is 0.177 e. The first kappa shape index (κ1) is 15.3. The Bertz CT molecular complexity index is 801. The minimum Gasteiger partial charge on any atom is -0.340 e. The molecule has 1 fully saturated rings. The summed E-state index contributed by atoms with van der Waals surface area (Å²) >= 11 is 0. The maximum absolute atomic E-state index is 4.63. The van der Waals surface area contributed by atoms with E-state index in [0.717, 1.165) is 48.3 Å². The van der Waals surface area contributed by atoms with Crippen LogP contribution in [0.5, 0.6) is 0 Å². The van der Waals surface area contributed by atoms with Gasteiger partial charge in [0.1, 0.15) is 17.5 Å². The lowest BCUT2D eigenvalue weighted by atomic mass is 10.0. The molecule has 7 nitrogen and oxygen atoms in total. The SMILES string of the molecule is Cc1nc(C)n(CC2CCCCN2Cc2nc3ncccc3[nH]2)n1. The first-order valence-electron chi connectivity index (χ1n) is 8.61. The molecule has 4 heterocycles. The van der Waals surface area contributed by atoms with Gasteiger partial charge >= 0.3 is 0 Å². The molecule has 0 spiro atoms. The Labute approximate surface area is 141 Å². The van der Waals surface area contributed by atoms with Crippen molar-refractivity contribution in [2.24, 2.45) is 0 Å². The number of H-pyrrole nitrogens is 1. The molecule has 0 aliphatic carbocycles. The van der Waals surface area contributed by atoms with E-state index in [2.05, 4.69) is 29.9 Å². The zero-order valence-electron chi connectivity index (χ0n) is 14.2. The van der Waals surface area contributed by atoms with E-state index < -0.39 is 0 Å².